The molecule has 0 unspecified atom stereocenters. The fourth-order valence-corrected chi connectivity index (χ4v) is 10.1. The van der Waals surface area contributed by atoms with E-state index in [0.29, 0.717) is 0 Å². The van der Waals surface area contributed by atoms with Crippen molar-refractivity contribution in [3.05, 3.63) is 206 Å². The number of nitrogens with zero attached hydrogens (tertiary/aromatic N) is 4. The van der Waals surface area contributed by atoms with Crippen LogP contribution >= 0.6 is 0 Å². The van der Waals surface area contributed by atoms with Gasteiger partial charge in [0, 0.05) is 65.8 Å². The van der Waals surface area contributed by atoms with Gasteiger partial charge in [0.25, 0.3) is 0 Å². The van der Waals surface area contributed by atoms with Gasteiger partial charge in [-0.3, -0.25) is 0 Å². The Bertz CT molecular complexity index is 3730. The van der Waals surface area contributed by atoms with Gasteiger partial charge in [-0.2, -0.15) is 0 Å². The highest BCUT2D eigenvalue weighted by molar-refractivity contribution is 6.40. The van der Waals surface area contributed by atoms with Gasteiger partial charge in [-0.25, -0.2) is 0 Å². The molecule has 13 rings (SSSR count). The van der Waals surface area contributed by atoms with Gasteiger partial charge < -0.3 is 18.3 Å². The molecule has 4 heterocycles. The summed E-state index contributed by atoms with van der Waals surface area (Å²) in [6, 6.07) is 75.3. The van der Waals surface area contributed by atoms with Crippen LogP contribution in [0.3, 0.4) is 0 Å². The van der Waals surface area contributed by atoms with Gasteiger partial charge in [0.05, 0.1) is 44.1 Å². The Morgan fingerprint density at radius 3 is 1.02 bits per heavy atom. The smallest absolute Gasteiger partial charge is 0.0810 e. The second-order valence-corrected chi connectivity index (χ2v) is 15.3. The summed E-state index contributed by atoms with van der Waals surface area (Å²) in [6.45, 7) is 0. The zero-order chi connectivity index (χ0) is 37.9. The van der Waals surface area contributed by atoms with E-state index in [1.165, 1.54) is 87.2 Å². The molecule has 0 bridgehead atoms. The zero-order valence-corrected chi connectivity index (χ0v) is 31.4. The molecule has 9 aromatic carbocycles. The largest absolute Gasteiger partial charge is 0.309 e. The molecule has 0 spiro atoms. The number of hydrogen-bond acceptors (Lipinski definition) is 0. The van der Waals surface area contributed by atoms with Crippen molar-refractivity contribution in [2.75, 3.05) is 0 Å². The van der Waals surface area contributed by atoms with Crippen molar-refractivity contribution in [3.63, 3.8) is 0 Å². The third kappa shape index (κ3) is 4.13. The first-order chi connectivity index (χ1) is 28.8. The summed E-state index contributed by atoms with van der Waals surface area (Å²) >= 11 is 0. The lowest BCUT2D eigenvalue weighted by atomic mass is 10.0. The molecule has 13 aromatic rings. The molecule has 4 nitrogen and oxygen atoms in total. The van der Waals surface area contributed by atoms with Crippen molar-refractivity contribution in [1.29, 1.82) is 0 Å². The predicted molar refractivity (Wildman–Crippen MR) is 244 cm³/mol. The second-order valence-electron chi connectivity index (χ2n) is 15.3. The third-order valence-electron chi connectivity index (χ3n) is 12.3. The summed E-state index contributed by atoms with van der Waals surface area (Å²) in [6.07, 6.45) is 0. The molecule has 0 saturated carbocycles. The van der Waals surface area contributed by atoms with Gasteiger partial charge in [-0.15, -0.1) is 0 Å². The molecule has 270 valence electrons. The highest BCUT2D eigenvalue weighted by Gasteiger charge is 2.28. The van der Waals surface area contributed by atoms with Gasteiger partial charge in [0.1, 0.15) is 0 Å². The van der Waals surface area contributed by atoms with Gasteiger partial charge in [0.15, 0.2) is 0 Å². The van der Waals surface area contributed by atoms with E-state index in [1.54, 1.807) is 0 Å². The Morgan fingerprint density at radius 2 is 0.517 bits per heavy atom. The van der Waals surface area contributed by atoms with Crippen molar-refractivity contribution >= 4 is 87.2 Å². The topological polar surface area (TPSA) is 19.7 Å². The standard InChI is InChI=1S/C54H34N4/c1-3-18-35(19-4-1)56-46-31-14-9-26-41(46)49-50-42-27-10-15-32-47(42)58(38-23-17-22-37(34-38)55-44-29-12-7-24-39(44)40-25-8-13-30-45(40)55)53(50)54-51(52(49)56)43-28-11-16-33-48(43)57(54)36-20-5-2-6-21-36/h1-34H. The fraction of sp³-hybridized carbons (Fsp3) is 0. The molecule has 0 radical (unpaired) electrons. The lowest BCUT2D eigenvalue weighted by Gasteiger charge is -2.15. The van der Waals surface area contributed by atoms with Crippen LogP contribution in [-0.4, -0.2) is 18.3 Å². The van der Waals surface area contributed by atoms with E-state index >= 15 is 0 Å². The number of hydrogen-bond donors (Lipinski definition) is 0. The number of rotatable bonds is 4. The van der Waals surface area contributed by atoms with Crippen LogP contribution in [0.1, 0.15) is 0 Å². The summed E-state index contributed by atoms with van der Waals surface area (Å²) in [5.41, 5.74) is 14.1. The van der Waals surface area contributed by atoms with Crippen LogP contribution in [0.25, 0.3) is 110 Å². The molecule has 4 heteroatoms. The van der Waals surface area contributed by atoms with Crippen LogP contribution in [0.5, 0.6) is 0 Å². The second kappa shape index (κ2) is 11.8. The van der Waals surface area contributed by atoms with Crippen LogP contribution in [0.2, 0.25) is 0 Å². The molecule has 0 aliphatic heterocycles. The Hall–Kier alpha value is -7.82. The number of fused-ring (bicyclic) bond motifs is 15. The zero-order valence-electron chi connectivity index (χ0n) is 31.4. The van der Waals surface area contributed by atoms with Gasteiger partial charge in [-0.1, -0.05) is 133 Å². The van der Waals surface area contributed by atoms with Crippen molar-refractivity contribution < 1.29 is 0 Å². The van der Waals surface area contributed by atoms with E-state index in [0.717, 1.165) is 22.7 Å². The number of benzene rings is 9. The highest BCUT2D eigenvalue weighted by Crippen LogP contribution is 2.50. The summed E-state index contributed by atoms with van der Waals surface area (Å²) < 4.78 is 9.97. The Morgan fingerprint density at radius 1 is 0.207 bits per heavy atom. The molecule has 58 heavy (non-hydrogen) atoms. The summed E-state index contributed by atoms with van der Waals surface area (Å²) in [5.74, 6) is 0. The molecular weight excluding hydrogens is 705 g/mol. The highest BCUT2D eigenvalue weighted by atomic mass is 15.1. The minimum atomic E-state index is 1.11. The first kappa shape index (κ1) is 31.4. The van der Waals surface area contributed by atoms with Crippen LogP contribution < -0.4 is 0 Å². The van der Waals surface area contributed by atoms with E-state index in [2.05, 4.69) is 225 Å². The van der Waals surface area contributed by atoms with Gasteiger partial charge in [0.2, 0.25) is 0 Å². The van der Waals surface area contributed by atoms with E-state index in [-0.39, 0.29) is 0 Å². The Labute approximate surface area is 333 Å². The maximum absolute atomic E-state index is 2.54. The summed E-state index contributed by atoms with van der Waals surface area (Å²) in [7, 11) is 0. The lowest BCUT2D eigenvalue weighted by Crippen LogP contribution is -2.01. The molecule has 0 saturated heterocycles. The summed E-state index contributed by atoms with van der Waals surface area (Å²) in [4.78, 5) is 0. The number of para-hydroxylation sites is 7. The monoisotopic (exact) mass is 738 g/mol. The van der Waals surface area contributed by atoms with Crippen molar-refractivity contribution in [2.45, 2.75) is 0 Å². The van der Waals surface area contributed by atoms with Crippen molar-refractivity contribution in [3.8, 4) is 22.7 Å². The van der Waals surface area contributed by atoms with Gasteiger partial charge in [-0.05, 0) is 72.8 Å². The van der Waals surface area contributed by atoms with Crippen LogP contribution in [0.15, 0.2) is 206 Å². The minimum Gasteiger partial charge on any atom is -0.309 e. The normalized spacial score (nSPS) is 12.1. The van der Waals surface area contributed by atoms with E-state index in [9.17, 15) is 0 Å². The van der Waals surface area contributed by atoms with Crippen LogP contribution in [-0.2, 0) is 0 Å². The Balaban J connectivity index is 1.28. The third-order valence-corrected chi connectivity index (χ3v) is 12.3. The van der Waals surface area contributed by atoms with E-state index < -0.39 is 0 Å². The number of aromatic nitrogens is 4. The van der Waals surface area contributed by atoms with E-state index in [1.807, 2.05) is 0 Å². The van der Waals surface area contributed by atoms with Crippen LogP contribution in [0, 0.1) is 0 Å². The fourth-order valence-electron chi connectivity index (χ4n) is 10.1. The molecule has 0 fully saturated rings. The molecule has 0 aliphatic carbocycles. The first-order valence-corrected chi connectivity index (χ1v) is 20.0. The van der Waals surface area contributed by atoms with Crippen LogP contribution in [0.4, 0.5) is 0 Å². The molecule has 0 atom stereocenters. The molecule has 0 amide bonds. The maximum Gasteiger partial charge on any atom is 0.0810 e. The van der Waals surface area contributed by atoms with Gasteiger partial charge >= 0.3 is 0 Å². The summed E-state index contributed by atoms with van der Waals surface area (Å²) in [5, 5.41) is 9.98. The van der Waals surface area contributed by atoms with E-state index in [4.69, 9.17) is 0 Å². The molecule has 0 N–H and O–H groups in total. The molecular formula is C54H34N4. The first-order valence-electron chi connectivity index (χ1n) is 20.0. The lowest BCUT2D eigenvalue weighted by molar-refractivity contribution is 1.12. The SMILES string of the molecule is c1ccc(-n2c3ccccc3c3c4c5ccccc5n(-c5cccc(-n6c7ccccc7c7ccccc76)c5)c4c4c(c5ccccc5n4-c4ccccc4)c32)cc1. The maximum atomic E-state index is 2.54. The molecule has 0 aliphatic rings. The quantitative estimate of drug-likeness (QED) is 0.171. The average Bonchev–Trinajstić information content (AvgIpc) is 4.02. The Kier molecular flexibility index (Phi) is 6.41. The predicted octanol–water partition coefficient (Wildman–Crippen LogP) is 14.1. The minimum absolute atomic E-state index is 1.11. The molecule has 4 aromatic heterocycles. The van der Waals surface area contributed by atoms with Crippen molar-refractivity contribution in [1.82, 2.24) is 18.3 Å². The van der Waals surface area contributed by atoms with Crippen molar-refractivity contribution in [2.24, 2.45) is 0 Å². The average molecular weight is 739 g/mol.